The minimum atomic E-state index is 0.167. The van der Waals surface area contributed by atoms with Crippen LogP contribution in [0.4, 0.5) is 0 Å². The first kappa shape index (κ1) is 35.4. The number of rotatable bonds is 7. The average Bonchev–Trinajstić information content (AvgIpc) is 2.55. The van der Waals surface area contributed by atoms with Crippen molar-refractivity contribution in [2.75, 3.05) is 7.05 Å². The predicted molar refractivity (Wildman–Crippen MR) is 121 cm³/mol. The average molecular weight is 360 g/mol. The highest BCUT2D eigenvalue weighted by Crippen LogP contribution is 2.23. The lowest BCUT2D eigenvalue weighted by Crippen LogP contribution is -2.09. The van der Waals surface area contributed by atoms with Crippen LogP contribution in [0.15, 0.2) is 4.99 Å². The van der Waals surface area contributed by atoms with Crippen molar-refractivity contribution in [1.82, 2.24) is 0 Å². The van der Waals surface area contributed by atoms with Crippen molar-refractivity contribution in [3.05, 3.63) is 0 Å². The Balaban J connectivity index is -0.0000000912. The van der Waals surface area contributed by atoms with Gasteiger partial charge in [-0.3, -0.25) is 0 Å². The van der Waals surface area contributed by atoms with E-state index in [1.165, 1.54) is 52.4 Å². The minimum absolute atomic E-state index is 0.167. The maximum atomic E-state index is 9.44. The number of carbonyl (C=O) groups excluding carboxylic acids is 1. The van der Waals surface area contributed by atoms with Crippen molar-refractivity contribution in [3.8, 4) is 0 Å². The summed E-state index contributed by atoms with van der Waals surface area (Å²) in [6.07, 6.45) is 8.19. The molecule has 0 saturated carbocycles. The lowest BCUT2D eigenvalue weighted by Gasteiger charge is -2.20. The summed E-state index contributed by atoms with van der Waals surface area (Å²) >= 11 is 0. The molecule has 0 aliphatic carbocycles. The molecule has 0 spiro atoms. The summed E-state index contributed by atoms with van der Waals surface area (Å²) in [7, 11) is 1.64. The van der Waals surface area contributed by atoms with E-state index in [0.717, 1.165) is 17.8 Å². The Morgan fingerprint density at radius 2 is 1.16 bits per heavy atom. The summed E-state index contributed by atoms with van der Waals surface area (Å²) in [6.45, 7) is 26.2. The van der Waals surface area contributed by atoms with Gasteiger partial charge < -0.3 is 9.79 Å². The van der Waals surface area contributed by atoms with Crippen molar-refractivity contribution in [3.63, 3.8) is 0 Å². The van der Waals surface area contributed by atoms with Gasteiger partial charge in [-0.05, 0) is 38.3 Å². The number of Topliss-reactive ketones (excluding diaryl/α,β-unsaturated/α-hetero) is 1. The van der Waals surface area contributed by atoms with Crippen molar-refractivity contribution in [2.45, 2.75) is 115 Å². The van der Waals surface area contributed by atoms with Gasteiger partial charge in [0.15, 0.2) is 0 Å². The van der Waals surface area contributed by atoms with Gasteiger partial charge in [0, 0.05) is 7.05 Å². The molecule has 2 heteroatoms. The molecule has 0 N–H and O–H groups in total. The molecule has 25 heavy (non-hydrogen) atoms. The first-order chi connectivity index (χ1) is 11.7. The zero-order valence-corrected chi connectivity index (χ0v) is 20.0. The van der Waals surface area contributed by atoms with Gasteiger partial charge in [0.1, 0.15) is 5.78 Å². The zero-order valence-electron chi connectivity index (χ0n) is 20.0. The summed E-state index contributed by atoms with van der Waals surface area (Å²) in [4.78, 5) is 12.7. The second-order valence-electron chi connectivity index (χ2n) is 6.77. The van der Waals surface area contributed by atoms with Crippen molar-refractivity contribution in [2.24, 2.45) is 22.7 Å². The van der Waals surface area contributed by atoms with Gasteiger partial charge in [-0.15, -0.1) is 0 Å². The Hall–Kier alpha value is -0.660. The lowest BCUT2D eigenvalue weighted by atomic mass is 9.86. The predicted octanol–water partition coefficient (Wildman–Crippen LogP) is 8.24. The van der Waals surface area contributed by atoms with Crippen LogP contribution in [0, 0.1) is 17.8 Å². The van der Waals surface area contributed by atoms with Crippen LogP contribution < -0.4 is 0 Å². The standard InChI is InChI=1S/C13H28.C3H6O.C3H8.C2H5N.C2H6/c1-6-8-12(4)13(5)10-9-11(3)7-2;1-3(2)4;2*1-3-2;1-2/h11-13H,6-10H2,1-5H3;1-2H3;3H2,1-2H3;1H2,2H3;1-2H3. The van der Waals surface area contributed by atoms with E-state index >= 15 is 0 Å². The fraction of sp³-hybridized carbons (Fsp3) is 0.913. The van der Waals surface area contributed by atoms with Crippen molar-refractivity contribution >= 4 is 12.5 Å². The molecule has 0 aromatic carbocycles. The van der Waals surface area contributed by atoms with E-state index in [4.69, 9.17) is 0 Å². The number of ketones is 1. The monoisotopic (exact) mass is 359 g/mol. The number of hydrogen-bond donors (Lipinski definition) is 0. The first-order valence-electron chi connectivity index (χ1n) is 10.5. The van der Waals surface area contributed by atoms with Crippen LogP contribution in [0.1, 0.15) is 115 Å². The normalized spacial score (nSPS) is 12.0. The Kier molecular flexibility index (Phi) is 49.1. The summed E-state index contributed by atoms with van der Waals surface area (Å²) in [5.41, 5.74) is 0. The highest BCUT2D eigenvalue weighted by molar-refractivity contribution is 5.72. The highest BCUT2D eigenvalue weighted by Gasteiger charge is 2.11. The van der Waals surface area contributed by atoms with Crippen LogP contribution in [0.25, 0.3) is 0 Å². The van der Waals surface area contributed by atoms with Crippen molar-refractivity contribution in [1.29, 1.82) is 0 Å². The second kappa shape index (κ2) is 34.6. The smallest absolute Gasteiger partial charge is 0.126 e. The van der Waals surface area contributed by atoms with Gasteiger partial charge in [-0.25, -0.2) is 0 Å². The quantitative estimate of drug-likeness (QED) is 0.421. The third kappa shape index (κ3) is 59.7. The molecular weight excluding hydrogens is 306 g/mol. The van der Waals surface area contributed by atoms with Crippen LogP contribution in [-0.2, 0) is 4.79 Å². The zero-order chi connectivity index (χ0) is 21.3. The third-order valence-corrected chi connectivity index (χ3v) is 3.53. The molecule has 2 nitrogen and oxygen atoms in total. The molecular formula is C23H53NO. The molecule has 3 unspecified atom stereocenters. The maximum Gasteiger partial charge on any atom is 0.126 e. The Morgan fingerprint density at radius 1 is 0.880 bits per heavy atom. The van der Waals surface area contributed by atoms with Gasteiger partial charge in [-0.1, -0.05) is 101 Å². The van der Waals surface area contributed by atoms with E-state index in [1.54, 1.807) is 7.05 Å². The van der Waals surface area contributed by atoms with Gasteiger partial charge in [-0.2, -0.15) is 0 Å². The summed E-state index contributed by atoms with van der Waals surface area (Å²) < 4.78 is 0. The molecule has 0 aromatic heterocycles. The molecule has 0 bridgehead atoms. The van der Waals surface area contributed by atoms with E-state index in [1.807, 2.05) is 13.8 Å². The topological polar surface area (TPSA) is 29.4 Å². The largest absolute Gasteiger partial charge is 0.304 e. The molecule has 0 aromatic rings. The second-order valence-corrected chi connectivity index (χ2v) is 6.77. The molecule has 0 saturated heterocycles. The number of aliphatic imine (C=N–C) groups is 1. The number of carbonyl (C=O) groups is 1. The van der Waals surface area contributed by atoms with E-state index < -0.39 is 0 Å². The van der Waals surface area contributed by atoms with Gasteiger partial charge in [0.05, 0.1) is 0 Å². The fourth-order valence-electron chi connectivity index (χ4n) is 1.78. The lowest BCUT2D eigenvalue weighted by molar-refractivity contribution is -0.114. The van der Waals surface area contributed by atoms with Gasteiger partial charge in [0.25, 0.3) is 0 Å². The molecule has 0 amide bonds. The Bertz CT molecular complexity index is 222. The maximum absolute atomic E-state index is 9.44. The summed E-state index contributed by atoms with van der Waals surface area (Å²) in [5, 5.41) is 0. The summed E-state index contributed by atoms with van der Waals surface area (Å²) in [6, 6.07) is 0. The van der Waals surface area contributed by atoms with E-state index in [0.29, 0.717) is 0 Å². The number of nitrogens with zero attached hydrogens (tertiary/aromatic N) is 1. The Labute approximate surface area is 162 Å². The molecule has 0 fully saturated rings. The van der Waals surface area contributed by atoms with Crippen LogP contribution in [-0.4, -0.2) is 19.5 Å². The molecule has 0 rings (SSSR count). The molecule has 0 heterocycles. The van der Waals surface area contributed by atoms with Gasteiger partial charge >= 0.3 is 0 Å². The molecule has 3 atom stereocenters. The number of hydrogen-bond acceptors (Lipinski definition) is 2. The van der Waals surface area contributed by atoms with Crippen LogP contribution in [0.5, 0.6) is 0 Å². The SMILES string of the molecule is C=NC.CC.CC(C)=O.CCC.CCCC(C)C(C)CCC(C)CC. The van der Waals surface area contributed by atoms with Crippen LogP contribution in [0.2, 0.25) is 0 Å². The minimum Gasteiger partial charge on any atom is -0.304 e. The molecule has 0 radical (unpaired) electrons. The van der Waals surface area contributed by atoms with Crippen LogP contribution >= 0.6 is 0 Å². The van der Waals surface area contributed by atoms with E-state index in [2.05, 4.69) is 60.2 Å². The first-order valence-corrected chi connectivity index (χ1v) is 10.5. The van der Waals surface area contributed by atoms with Crippen molar-refractivity contribution < 1.29 is 4.79 Å². The molecule has 0 aliphatic heterocycles. The summed E-state index contributed by atoms with van der Waals surface area (Å²) in [5.74, 6) is 2.94. The van der Waals surface area contributed by atoms with Crippen LogP contribution in [0.3, 0.4) is 0 Å². The van der Waals surface area contributed by atoms with Gasteiger partial charge in [0.2, 0.25) is 0 Å². The fourth-order valence-corrected chi connectivity index (χ4v) is 1.78. The molecule has 156 valence electrons. The van der Waals surface area contributed by atoms with E-state index in [-0.39, 0.29) is 5.78 Å². The highest BCUT2D eigenvalue weighted by atomic mass is 16.1. The third-order valence-electron chi connectivity index (χ3n) is 3.53. The van der Waals surface area contributed by atoms with E-state index in [9.17, 15) is 4.79 Å². The molecule has 0 aliphatic rings. The Morgan fingerprint density at radius 3 is 1.40 bits per heavy atom.